The lowest BCUT2D eigenvalue weighted by Crippen LogP contribution is -2.44. The van der Waals surface area contributed by atoms with Crippen LogP contribution >= 0.6 is 0 Å². The Hall–Kier alpha value is -1.55. The van der Waals surface area contributed by atoms with Gasteiger partial charge in [-0.1, -0.05) is 12.8 Å². The first-order chi connectivity index (χ1) is 10.7. The maximum atomic E-state index is 12.6. The maximum Gasteiger partial charge on any atom is 0.253 e. The number of benzene rings is 1. The van der Waals surface area contributed by atoms with E-state index in [2.05, 4.69) is 29.0 Å². The van der Waals surface area contributed by atoms with E-state index in [1.165, 1.54) is 18.5 Å². The van der Waals surface area contributed by atoms with Gasteiger partial charge in [-0.2, -0.15) is 0 Å². The molecule has 0 bridgehead atoms. The summed E-state index contributed by atoms with van der Waals surface area (Å²) in [5.74, 6) is 0.201. The lowest BCUT2D eigenvalue weighted by Gasteiger charge is -2.34. The quantitative estimate of drug-likeness (QED) is 0.839. The third-order valence-corrected chi connectivity index (χ3v) is 4.88. The molecular weight excluding hydrogens is 274 g/mol. The maximum absolute atomic E-state index is 12.6. The molecule has 2 saturated heterocycles. The molecule has 1 aromatic rings. The van der Waals surface area contributed by atoms with Gasteiger partial charge in [-0.25, -0.2) is 0 Å². The number of piperazine rings is 1. The number of likely N-dealkylation sites (tertiary alicyclic amines) is 1. The van der Waals surface area contributed by atoms with Gasteiger partial charge in [0.25, 0.3) is 5.91 Å². The highest BCUT2D eigenvalue weighted by Crippen LogP contribution is 2.19. The van der Waals surface area contributed by atoms with Crippen LogP contribution in [0.3, 0.4) is 0 Å². The van der Waals surface area contributed by atoms with Crippen molar-refractivity contribution < 1.29 is 4.79 Å². The number of likely N-dealkylation sites (N-methyl/N-ethyl adjacent to an activating group) is 1. The second kappa shape index (κ2) is 7.14. The Balaban J connectivity index is 1.64. The van der Waals surface area contributed by atoms with E-state index >= 15 is 0 Å². The highest BCUT2D eigenvalue weighted by atomic mass is 16.2. The number of nitrogens with zero attached hydrogens (tertiary/aromatic N) is 3. The van der Waals surface area contributed by atoms with Crippen LogP contribution in [0.4, 0.5) is 5.69 Å². The van der Waals surface area contributed by atoms with E-state index in [4.69, 9.17) is 0 Å². The van der Waals surface area contributed by atoms with Gasteiger partial charge in [-0.05, 0) is 44.2 Å². The van der Waals surface area contributed by atoms with E-state index < -0.39 is 0 Å². The first kappa shape index (κ1) is 15.3. The summed E-state index contributed by atoms with van der Waals surface area (Å²) in [6.07, 6.45) is 4.80. The standard InChI is InChI=1S/C18H27N3O/c1-19-12-14-20(15-13-19)17-8-6-16(7-9-17)18(22)21-10-4-2-3-5-11-21/h6-9H,2-5,10-15H2,1H3. The number of hydrogen-bond acceptors (Lipinski definition) is 3. The minimum Gasteiger partial charge on any atom is -0.369 e. The molecule has 0 saturated carbocycles. The number of rotatable bonds is 2. The van der Waals surface area contributed by atoms with Crippen molar-refractivity contribution in [2.45, 2.75) is 25.7 Å². The van der Waals surface area contributed by atoms with Crippen LogP contribution in [0.25, 0.3) is 0 Å². The predicted molar refractivity (Wildman–Crippen MR) is 90.5 cm³/mol. The number of hydrogen-bond donors (Lipinski definition) is 0. The summed E-state index contributed by atoms with van der Waals surface area (Å²) in [6.45, 7) is 6.17. The van der Waals surface area contributed by atoms with E-state index in [1.54, 1.807) is 0 Å². The highest BCUT2D eigenvalue weighted by Gasteiger charge is 2.18. The fourth-order valence-electron chi connectivity index (χ4n) is 3.34. The Labute approximate surface area is 133 Å². The Kier molecular flexibility index (Phi) is 4.98. The Morgan fingerprint density at radius 3 is 2.00 bits per heavy atom. The minimum atomic E-state index is 0.201. The summed E-state index contributed by atoms with van der Waals surface area (Å²) in [6, 6.07) is 8.22. The molecule has 1 aromatic carbocycles. The monoisotopic (exact) mass is 301 g/mol. The lowest BCUT2D eigenvalue weighted by molar-refractivity contribution is 0.0761. The van der Waals surface area contributed by atoms with Crippen molar-refractivity contribution in [3.63, 3.8) is 0 Å². The van der Waals surface area contributed by atoms with Crippen LogP contribution in [0.1, 0.15) is 36.0 Å². The molecule has 0 N–H and O–H groups in total. The molecule has 2 fully saturated rings. The molecule has 0 radical (unpaired) electrons. The molecule has 0 aliphatic carbocycles. The van der Waals surface area contributed by atoms with Crippen molar-refractivity contribution >= 4 is 11.6 Å². The zero-order valence-electron chi connectivity index (χ0n) is 13.6. The second-order valence-corrected chi connectivity index (χ2v) is 6.54. The molecule has 4 heteroatoms. The smallest absolute Gasteiger partial charge is 0.253 e. The van der Waals surface area contributed by atoms with Gasteiger partial charge >= 0.3 is 0 Å². The SMILES string of the molecule is CN1CCN(c2ccc(C(=O)N3CCCCCC3)cc2)CC1. The van der Waals surface area contributed by atoms with Gasteiger partial charge < -0.3 is 14.7 Å². The molecule has 1 amide bonds. The Morgan fingerprint density at radius 2 is 1.41 bits per heavy atom. The zero-order valence-corrected chi connectivity index (χ0v) is 13.6. The second-order valence-electron chi connectivity index (χ2n) is 6.54. The summed E-state index contributed by atoms with van der Waals surface area (Å²) in [5, 5.41) is 0. The van der Waals surface area contributed by atoms with Gasteiger partial charge in [0, 0.05) is 50.5 Å². The minimum absolute atomic E-state index is 0.201. The van der Waals surface area contributed by atoms with Gasteiger partial charge in [0.2, 0.25) is 0 Å². The van der Waals surface area contributed by atoms with E-state index in [0.717, 1.165) is 57.7 Å². The van der Waals surface area contributed by atoms with E-state index in [-0.39, 0.29) is 5.91 Å². The molecule has 3 rings (SSSR count). The molecule has 0 spiro atoms. The van der Waals surface area contributed by atoms with Crippen LogP contribution in [0.2, 0.25) is 0 Å². The van der Waals surface area contributed by atoms with Crippen LogP contribution in [0.5, 0.6) is 0 Å². The van der Waals surface area contributed by atoms with Crippen molar-refractivity contribution in [1.29, 1.82) is 0 Å². The van der Waals surface area contributed by atoms with Gasteiger partial charge in [-0.15, -0.1) is 0 Å². The van der Waals surface area contributed by atoms with Gasteiger partial charge in [0.15, 0.2) is 0 Å². The Morgan fingerprint density at radius 1 is 0.818 bits per heavy atom. The van der Waals surface area contributed by atoms with Crippen molar-refractivity contribution in [2.75, 3.05) is 51.2 Å². The lowest BCUT2D eigenvalue weighted by atomic mass is 10.1. The van der Waals surface area contributed by atoms with Crippen LogP contribution in [0.15, 0.2) is 24.3 Å². The fraction of sp³-hybridized carbons (Fsp3) is 0.611. The molecule has 22 heavy (non-hydrogen) atoms. The molecule has 0 unspecified atom stereocenters. The van der Waals surface area contributed by atoms with E-state index in [0.29, 0.717) is 0 Å². The van der Waals surface area contributed by atoms with Crippen molar-refractivity contribution in [3.8, 4) is 0 Å². The molecule has 2 aliphatic rings. The molecule has 0 atom stereocenters. The molecule has 2 aliphatic heterocycles. The van der Waals surface area contributed by atoms with E-state index in [9.17, 15) is 4.79 Å². The van der Waals surface area contributed by atoms with Gasteiger partial charge in [0.1, 0.15) is 0 Å². The van der Waals surface area contributed by atoms with Crippen molar-refractivity contribution in [1.82, 2.24) is 9.80 Å². The van der Waals surface area contributed by atoms with E-state index in [1.807, 2.05) is 17.0 Å². The summed E-state index contributed by atoms with van der Waals surface area (Å²) in [7, 11) is 2.17. The predicted octanol–water partition coefficient (Wildman–Crippen LogP) is 2.45. The third kappa shape index (κ3) is 3.61. The molecule has 120 valence electrons. The van der Waals surface area contributed by atoms with Crippen LogP contribution in [-0.4, -0.2) is 62.0 Å². The van der Waals surface area contributed by atoms with Crippen LogP contribution in [0, 0.1) is 0 Å². The average Bonchev–Trinajstić information content (AvgIpc) is 2.84. The first-order valence-corrected chi connectivity index (χ1v) is 8.57. The number of carbonyl (C=O) groups is 1. The number of anilines is 1. The largest absolute Gasteiger partial charge is 0.369 e. The third-order valence-electron chi connectivity index (χ3n) is 4.88. The van der Waals surface area contributed by atoms with Crippen molar-refractivity contribution in [3.05, 3.63) is 29.8 Å². The Bertz CT molecular complexity index is 484. The normalized spacial score (nSPS) is 20.8. The fourth-order valence-corrected chi connectivity index (χ4v) is 3.34. The molecule has 4 nitrogen and oxygen atoms in total. The first-order valence-electron chi connectivity index (χ1n) is 8.57. The van der Waals surface area contributed by atoms with Gasteiger partial charge in [-0.3, -0.25) is 4.79 Å². The molecule has 0 aromatic heterocycles. The summed E-state index contributed by atoms with van der Waals surface area (Å²) in [5.41, 5.74) is 2.07. The van der Waals surface area contributed by atoms with Gasteiger partial charge in [0.05, 0.1) is 0 Å². The molecule has 2 heterocycles. The van der Waals surface area contributed by atoms with Crippen LogP contribution < -0.4 is 4.90 Å². The van der Waals surface area contributed by atoms with Crippen LogP contribution in [-0.2, 0) is 0 Å². The number of amides is 1. The topological polar surface area (TPSA) is 26.8 Å². The molecular formula is C18H27N3O. The van der Waals surface area contributed by atoms with Crippen molar-refractivity contribution in [2.24, 2.45) is 0 Å². The summed E-state index contributed by atoms with van der Waals surface area (Å²) >= 11 is 0. The zero-order chi connectivity index (χ0) is 15.4. The summed E-state index contributed by atoms with van der Waals surface area (Å²) in [4.78, 5) is 19.4. The summed E-state index contributed by atoms with van der Waals surface area (Å²) < 4.78 is 0. The average molecular weight is 301 g/mol. The highest BCUT2D eigenvalue weighted by molar-refractivity contribution is 5.94. The number of carbonyl (C=O) groups excluding carboxylic acids is 1.